The first-order valence-electron chi connectivity index (χ1n) is 7.79. The number of methoxy groups -OCH3 is 2. The van der Waals surface area contributed by atoms with Gasteiger partial charge in [0.2, 0.25) is 5.90 Å². The second kappa shape index (κ2) is 6.87. The fraction of sp³-hybridized carbons (Fsp3) is 0.211. The summed E-state index contributed by atoms with van der Waals surface area (Å²) in [5.74, 6) is -0.316. The molecule has 0 aromatic heterocycles. The van der Waals surface area contributed by atoms with Crippen LogP contribution in [0.2, 0.25) is 0 Å². The summed E-state index contributed by atoms with van der Waals surface area (Å²) in [6, 6.07) is 13.4. The lowest BCUT2D eigenvalue weighted by atomic mass is 10.1. The van der Waals surface area contributed by atoms with E-state index in [0.29, 0.717) is 22.8 Å². The monoisotopic (exact) mass is 355 g/mol. The molecule has 0 unspecified atom stereocenters. The van der Waals surface area contributed by atoms with E-state index in [1.54, 1.807) is 48.5 Å². The Morgan fingerprint density at radius 3 is 2.19 bits per heavy atom. The van der Waals surface area contributed by atoms with Crippen molar-refractivity contribution in [2.45, 2.75) is 12.5 Å². The highest BCUT2D eigenvalue weighted by atomic mass is 16.6. The number of carbonyl (C=O) groups excluding carboxylic acids is 2. The summed E-state index contributed by atoms with van der Waals surface area (Å²) in [6.07, 6.45) is 0. The van der Waals surface area contributed by atoms with Crippen LogP contribution in [0.5, 0.6) is 17.2 Å². The third kappa shape index (κ3) is 3.23. The standard InChI is InChI=1S/C19H17NO6/c1-19(17(21)25-13-7-5-4-6-8-13)18(22)26-16(20-19)12-9-14(23-2)11-15(10-12)24-3/h4-11H,1-3H3/t19-/m1/s1. The van der Waals surface area contributed by atoms with Crippen molar-refractivity contribution in [2.75, 3.05) is 14.2 Å². The summed E-state index contributed by atoms with van der Waals surface area (Å²) in [6.45, 7) is 1.35. The lowest BCUT2D eigenvalue weighted by molar-refractivity contribution is -0.150. The molecule has 26 heavy (non-hydrogen) atoms. The van der Waals surface area contributed by atoms with Gasteiger partial charge in [0, 0.05) is 11.6 Å². The van der Waals surface area contributed by atoms with E-state index in [9.17, 15) is 9.59 Å². The fourth-order valence-electron chi connectivity index (χ4n) is 2.34. The molecule has 3 rings (SSSR count). The SMILES string of the molecule is COc1cc(OC)cc(C2=N[C@](C)(C(=O)Oc3ccccc3)C(=O)O2)c1. The van der Waals surface area contributed by atoms with E-state index in [1.807, 2.05) is 0 Å². The highest BCUT2D eigenvalue weighted by molar-refractivity contribution is 6.17. The summed E-state index contributed by atoms with van der Waals surface area (Å²) < 4.78 is 20.9. The fourth-order valence-corrected chi connectivity index (χ4v) is 2.34. The third-order valence-electron chi connectivity index (χ3n) is 3.86. The molecule has 1 heterocycles. The molecule has 0 bridgehead atoms. The van der Waals surface area contributed by atoms with E-state index < -0.39 is 17.5 Å². The van der Waals surface area contributed by atoms with E-state index >= 15 is 0 Å². The molecular formula is C19H17NO6. The van der Waals surface area contributed by atoms with Crippen LogP contribution < -0.4 is 14.2 Å². The number of hydrogen-bond acceptors (Lipinski definition) is 7. The number of aliphatic imine (C=N–C) groups is 1. The molecule has 1 aliphatic rings. The van der Waals surface area contributed by atoms with Crippen molar-refractivity contribution in [3.05, 3.63) is 54.1 Å². The number of rotatable bonds is 5. The predicted molar refractivity (Wildman–Crippen MR) is 92.7 cm³/mol. The number of para-hydroxylation sites is 1. The molecule has 1 atom stereocenters. The zero-order chi connectivity index (χ0) is 18.7. The summed E-state index contributed by atoms with van der Waals surface area (Å²) >= 11 is 0. The third-order valence-corrected chi connectivity index (χ3v) is 3.86. The van der Waals surface area contributed by atoms with Crippen molar-refractivity contribution in [1.29, 1.82) is 0 Å². The summed E-state index contributed by atoms with van der Waals surface area (Å²) in [7, 11) is 3.00. The minimum atomic E-state index is -1.79. The van der Waals surface area contributed by atoms with Gasteiger partial charge in [-0.05, 0) is 31.2 Å². The predicted octanol–water partition coefficient (Wildman–Crippen LogP) is 2.37. The molecule has 0 amide bonds. The molecule has 2 aromatic carbocycles. The molecule has 1 aliphatic heterocycles. The summed E-state index contributed by atoms with van der Waals surface area (Å²) in [5.41, 5.74) is -1.34. The Kier molecular flexibility index (Phi) is 4.62. The first-order valence-corrected chi connectivity index (χ1v) is 7.79. The van der Waals surface area contributed by atoms with Crippen LogP contribution in [-0.2, 0) is 14.3 Å². The van der Waals surface area contributed by atoms with Crippen LogP contribution in [0.3, 0.4) is 0 Å². The average Bonchev–Trinajstić information content (AvgIpc) is 2.98. The number of cyclic esters (lactones) is 1. The Morgan fingerprint density at radius 1 is 1.00 bits per heavy atom. The van der Waals surface area contributed by atoms with Gasteiger partial charge in [0.15, 0.2) is 0 Å². The first-order chi connectivity index (χ1) is 12.5. The number of esters is 2. The van der Waals surface area contributed by atoms with Gasteiger partial charge in [-0.3, -0.25) is 0 Å². The van der Waals surface area contributed by atoms with Gasteiger partial charge in [0.25, 0.3) is 5.54 Å². The Bertz CT molecular complexity index is 855. The first kappa shape index (κ1) is 17.5. The minimum absolute atomic E-state index is 0.000267. The maximum atomic E-state index is 12.5. The lowest BCUT2D eigenvalue weighted by Crippen LogP contribution is -2.42. The number of ether oxygens (including phenoxy) is 4. The van der Waals surface area contributed by atoms with Crippen LogP contribution in [0.1, 0.15) is 12.5 Å². The van der Waals surface area contributed by atoms with Gasteiger partial charge in [0.1, 0.15) is 17.2 Å². The second-order valence-corrected chi connectivity index (χ2v) is 5.68. The smallest absolute Gasteiger partial charge is 0.352 e. The van der Waals surface area contributed by atoms with Gasteiger partial charge >= 0.3 is 11.9 Å². The van der Waals surface area contributed by atoms with E-state index in [-0.39, 0.29) is 5.90 Å². The van der Waals surface area contributed by atoms with E-state index in [1.165, 1.54) is 21.1 Å². The van der Waals surface area contributed by atoms with Crippen LogP contribution in [0, 0.1) is 0 Å². The Balaban J connectivity index is 1.92. The molecule has 2 aromatic rings. The molecule has 7 nitrogen and oxygen atoms in total. The zero-order valence-corrected chi connectivity index (χ0v) is 14.5. The maximum absolute atomic E-state index is 12.5. The highest BCUT2D eigenvalue weighted by Gasteiger charge is 2.50. The van der Waals surface area contributed by atoms with Crippen molar-refractivity contribution in [2.24, 2.45) is 4.99 Å². The van der Waals surface area contributed by atoms with Crippen LogP contribution in [0.4, 0.5) is 0 Å². The zero-order valence-electron chi connectivity index (χ0n) is 14.5. The van der Waals surface area contributed by atoms with Crippen molar-refractivity contribution < 1.29 is 28.5 Å². The molecule has 0 saturated carbocycles. The number of hydrogen-bond donors (Lipinski definition) is 0. The second-order valence-electron chi connectivity index (χ2n) is 5.68. The van der Waals surface area contributed by atoms with Crippen molar-refractivity contribution in [1.82, 2.24) is 0 Å². The molecule has 0 fully saturated rings. The Morgan fingerprint density at radius 2 is 1.62 bits per heavy atom. The van der Waals surface area contributed by atoms with Crippen molar-refractivity contribution in [3.63, 3.8) is 0 Å². The van der Waals surface area contributed by atoms with Crippen LogP contribution >= 0.6 is 0 Å². The van der Waals surface area contributed by atoms with Crippen LogP contribution in [0.25, 0.3) is 0 Å². The van der Waals surface area contributed by atoms with Gasteiger partial charge in [-0.15, -0.1) is 0 Å². The molecule has 134 valence electrons. The average molecular weight is 355 g/mol. The Hall–Kier alpha value is -3.35. The molecule has 0 saturated heterocycles. The van der Waals surface area contributed by atoms with Crippen molar-refractivity contribution in [3.8, 4) is 17.2 Å². The number of benzene rings is 2. The molecular weight excluding hydrogens is 338 g/mol. The molecule has 0 aliphatic carbocycles. The van der Waals surface area contributed by atoms with E-state index in [2.05, 4.69) is 4.99 Å². The Labute approximate surface area is 150 Å². The quantitative estimate of drug-likeness (QED) is 0.465. The maximum Gasteiger partial charge on any atom is 0.352 e. The number of nitrogens with zero attached hydrogens (tertiary/aromatic N) is 1. The lowest BCUT2D eigenvalue weighted by Gasteiger charge is -2.14. The molecule has 0 radical (unpaired) electrons. The molecule has 0 N–H and O–H groups in total. The van der Waals surface area contributed by atoms with Gasteiger partial charge in [-0.2, -0.15) is 0 Å². The van der Waals surface area contributed by atoms with E-state index in [4.69, 9.17) is 18.9 Å². The topological polar surface area (TPSA) is 83.4 Å². The highest BCUT2D eigenvalue weighted by Crippen LogP contribution is 2.29. The van der Waals surface area contributed by atoms with Crippen LogP contribution in [0.15, 0.2) is 53.5 Å². The number of carbonyl (C=O) groups is 2. The van der Waals surface area contributed by atoms with Gasteiger partial charge in [0.05, 0.1) is 14.2 Å². The summed E-state index contributed by atoms with van der Waals surface area (Å²) in [4.78, 5) is 29.0. The largest absolute Gasteiger partial charge is 0.497 e. The van der Waals surface area contributed by atoms with E-state index in [0.717, 1.165) is 0 Å². The van der Waals surface area contributed by atoms with Gasteiger partial charge in [-0.1, -0.05) is 18.2 Å². The van der Waals surface area contributed by atoms with Gasteiger partial charge < -0.3 is 18.9 Å². The van der Waals surface area contributed by atoms with Crippen LogP contribution in [-0.4, -0.2) is 37.6 Å². The van der Waals surface area contributed by atoms with Crippen molar-refractivity contribution >= 4 is 17.8 Å². The molecule has 7 heteroatoms. The minimum Gasteiger partial charge on any atom is -0.497 e. The normalized spacial score (nSPS) is 18.7. The molecule has 0 spiro atoms. The summed E-state index contributed by atoms with van der Waals surface area (Å²) in [5, 5.41) is 0. The van der Waals surface area contributed by atoms with Gasteiger partial charge in [-0.25, -0.2) is 14.6 Å².